The van der Waals surface area contributed by atoms with Crippen molar-refractivity contribution in [3.63, 3.8) is 0 Å². The van der Waals surface area contributed by atoms with Crippen molar-refractivity contribution in [2.24, 2.45) is 5.41 Å². The third-order valence-electron chi connectivity index (χ3n) is 11.6. The van der Waals surface area contributed by atoms with Crippen molar-refractivity contribution in [3.05, 3.63) is 137 Å². The second-order valence-corrected chi connectivity index (χ2v) is 17.4. The number of carbonyl (C=O) groups excluding carboxylic acids is 1. The van der Waals surface area contributed by atoms with Gasteiger partial charge in [-0.25, -0.2) is 8.42 Å². The van der Waals surface area contributed by atoms with Crippen LogP contribution in [0.1, 0.15) is 90.9 Å². The summed E-state index contributed by atoms with van der Waals surface area (Å²) < 4.78 is 70.1. The summed E-state index contributed by atoms with van der Waals surface area (Å²) in [6.45, 7) is 3.57. The molecule has 0 aliphatic heterocycles. The Hall–Kier alpha value is -4.29. The Balaban J connectivity index is 1.38. The number of allylic oxidation sites excluding steroid dienone is 2. The van der Waals surface area contributed by atoms with Crippen LogP contribution in [0.4, 0.5) is 13.2 Å². The molecule has 3 aliphatic carbocycles. The molecule has 7 nitrogen and oxygen atoms in total. The second-order valence-electron chi connectivity index (χ2n) is 15.4. The molecule has 55 heavy (non-hydrogen) atoms. The zero-order valence-corrected chi connectivity index (χ0v) is 32.2. The van der Waals surface area contributed by atoms with Crippen molar-refractivity contribution in [1.82, 2.24) is 4.31 Å². The van der Waals surface area contributed by atoms with Crippen LogP contribution >= 0.6 is 0 Å². The lowest BCUT2D eigenvalue weighted by atomic mass is 9.64. The molecule has 292 valence electrons. The maximum atomic E-state index is 14.5. The van der Waals surface area contributed by atoms with Gasteiger partial charge in [-0.05, 0) is 104 Å². The van der Waals surface area contributed by atoms with Crippen LogP contribution in [0, 0.1) is 5.41 Å². The number of benzene rings is 4. The molecular weight excluding hydrogens is 728 g/mol. The Morgan fingerprint density at radius 3 is 2.25 bits per heavy atom. The molecule has 2 N–H and O–H groups in total. The van der Waals surface area contributed by atoms with E-state index in [-0.39, 0.29) is 31.2 Å². The Morgan fingerprint density at radius 2 is 1.60 bits per heavy atom. The summed E-state index contributed by atoms with van der Waals surface area (Å²) in [6.07, 6.45) is 1.10. The molecule has 0 heterocycles. The SMILES string of the molecule is CC1=CCCC2(C)C(CCC2(O)CN(Cc2ccc(OC(F)(F)F)cc2)S(C)(=O)=O)c2ccc(cc2C(=O)c2ccc(-c3ccccc3)cc2)CC(O)CC1. The number of aliphatic hydroxyl groups is 2. The van der Waals surface area contributed by atoms with Crippen LogP contribution in [0.3, 0.4) is 0 Å². The average Bonchev–Trinajstić information content (AvgIpc) is 3.39. The minimum Gasteiger partial charge on any atom is -0.406 e. The topological polar surface area (TPSA) is 104 Å². The number of rotatable bonds is 9. The maximum Gasteiger partial charge on any atom is 0.573 e. The first kappa shape index (κ1) is 40.4. The first-order valence-electron chi connectivity index (χ1n) is 18.6. The molecule has 3 aliphatic rings. The Morgan fingerprint density at radius 1 is 0.927 bits per heavy atom. The molecule has 0 amide bonds. The van der Waals surface area contributed by atoms with E-state index in [9.17, 15) is 36.6 Å². The van der Waals surface area contributed by atoms with E-state index in [1.54, 1.807) is 0 Å². The van der Waals surface area contributed by atoms with Crippen LogP contribution in [0.5, 0.6) is 5.75 Å². The van der Waals surface area contributed by atoms with Crippen molar-refractivity contribution < 1.29 is 41.3 Å². The van der Waals surface area contributed by atoms with Crippen molar-refractivity contribution in [3.8, 4) is 16.9 Å². The molecule has 2 bridgehead atoms. The number of halogens is 3. The number of nitrogens with zero attached hydrogens (tertiary/aromatic N) is 1. The predicted molar refractivity (Wildman–Crippen MR) is 207 cm³/mol. The minimum atomic E-state index is -4.86. The highest BCUT2D eigenvalue weighted by Gasteiger charge is 2.58. The molecule has 4 unspecified atom stereocenters. The zero-order chi connectivity index (χ0) is 39.6. The molecule has 0 aromatic heterocycles. The van der Waals surface area contributed by atoms with Gasteiger partial charge in [0.1, 0.15) is 5.75 Å². The summed E-state index contributed by atoms with van der Waals surface area (Å²) in [5.41, 5.74) is 3.67. The van der Waals surface area contributed by atoms with E-state index in [0.717, 1.165) is 46.2 Å². The van der Waals surface area contributed by atoms with Crippen molar-refractivity contribution in [2.45, 2.75) is 89.3 Å². The number of fused-ring (bicyclic) bond motifs is 8. The van der Waals surface area contributed by atoms with Crippen molar-refractivity contribution >= 4 is 15.8 Å². The van der Waals surface area contributed by atoms with Gasteiger partial charge < -0.3 is 14.9 Å². The third kappa shape index (κ3) is 9.40. The molecule has 0 spiro atoms. The minimum absolute atomic E-state index is 0.174. The van der Waals surface area contributed by atoms with Gasteiger partial charge in [0.15, 0.2) is 5.78 Å². The van der Waals surface area contributed by atoms with Gasteiger partial charge in [-0.15, -0.1) is 13.2 Å². The largest absolute Gasteiger partial charge is 0.573 e. The predicted octanol–water partition coefficient (Wildman–Crippen LogP) is 8.98. The number of carbonyl (C=O) groups is 1. The van der Waals surface area contributed by atoms with E-state index >= 15 is 0 Å². The van der Waals surface area contributed by atoms with Gasteiger partial charge in [0, 0.05) is 29.6 Å². The number of ether oxygens (including phenoxy) is 1. The Bertz CT molecular complexity index is 2120. The first-order valence-corrected chi connectivity index (χ1v) is 20.5. The highest BCUT2D eigenvalue weighted by Crippen LogP contribution is 2.59. The van der Waals surface area contributed by atoms with Crippen LogP contribution in [0.2, 0.25) is 0 Å². The van der Waals surface area contributed by atoms with Crippen LogP contribution < -0.4 is 4.74 Å². The number of alkyl halides is 3. The lowest BCUT2D eigenvalue weighted by Crippen LogP contribution is -2.53. The van der Waals surface area contributed by atoms with Gasteiger partial charge in [-0.3, -0.25) is 4.79 Å². The highest BCUT2D eigenvalue weighted by molar-refractivity contribution is 7.88. The van der Waals surface area contributed by atoms with Gasteiger partial charge >= 0.3 is 6.36 Å². The summed E-state index contributed by atoms with van der Waals surface area (Å²) in [5, 5.41) is 23.8. The highest BCUT2D eigenvalue weighted by atomic mass is 32.2. The average molecular weight is 776 g/mol. The summed E-state index contributed by atoms with van der Waals surface area (Å²) in [7, 11) is -3.91. The normalized spacial score (nSPS) is 23.5. The summed E-state index contributed by atoms with van der Waals surface area (Å²) in [5.74, 6) is -0.939. The van der Waals surface area contributed by atoms with E-state index in [4.69, 9.17) is 0 Å². The number of hydrogen-bond donors (Lipinski definition) is 2. The van der Waals surface area contributed by atoms with Crippen molar-refractivity contribution in [1.29, 1.82) is 0 Å². The monoisotopic (exact) mass is 775 g/mol. The third-order valence-corrected chi connectivity index (χ3v) is 12.8. The Labute approximate surface area is 321 Å². The Kier molecular flexibility index (Phi) is 11.8. The lowest BCUT2D eigenvalue weighted by Gasteiger charge is -2.45. The van der Waals surface area contributed by atoms with Crippen LogP contribution in [0.15, 0.2) is 109 Å². The molecule has 7 rings (SSSR count). The van der Waals surface area contributed by atoms with E-state index < -0.39 is 39.3 Å². The van der Waals surface area contributed by atoms with Gasteiger partial charge in [0.05, 0.1) is 18.0 Å². The summed E-state index contributed by atoms with van der Waals surface area (Å²) in [4.78, 5) is 14.5. The second kappa shape index (κ2) is 16.1. The zero-order valence-electron chi connectivity index (χ0n) is 31.4. The molecule has 0 radical (unpaired) electrons. The van der Waals surface area contributed by atoms with E-state index in [2.05, 4.69) is 10.8 Å². The van der Waals surface area contributed by atoms with E-state index in [1.165, 1.54) is 16.4 Å². The van der Waals surface area contributed by atoms with Crippen LogP contribution in [-0.4, -0.2) is 59.6 Å². The van der Waals surface area contributed by atoms with Gasteiger partial charge in [0.2, 0.25) is 10.0 Å². The summed E-state index contributed by atoms with van der Waals surface area (Å²) in [6, 6.07) is 28.1. The fourth-order valence-electron chi connectivity index (χ4n) is 8.38. The molecule has 0 saturated heterocycles. The number of hydrogen-bond acceptors (Lipinski definition) is 6. The number of aliphatic hydroxyl groups excluding tert-OH is 1. The first-order chi connectivity index (χ1) is 25.9. The molecular formula is C44H48F3NO6S. The summed E-state index contributed by atoms with van der Waals surface area (Å²) >= 11 is 0. The van der Waals surface area contributed by atoms with E-state index in [0.29, 0.717) is 55.2 Å². The van der Waals surface area contributed by atoms with Crippen molar-refractivity contribution in [2.75, 3.05) is 12.8 Å². The molecule has 4 atom stereocenters. The molecule has 1 saturated carbocycles. The van der Waals surface area contributed by atoms with E-state index in [1.807, 2.05) is 86.6 Å². The van der Waals surface area contributed by atoms with Crippen LogP contribution in [-0.2, 0) is 23.0 Å². The van der Waals surface area contributed by atoms with Gasteiger partial charge in [-0.1, -0.05) is 97.4 Å². The maximum absolute atomic E-state index is 14.5. The smallest absolute Gasteiger partial charge is 0.406 e. The van der Waals surface area contributed by atoms with Gasteiger partial charge in [-0.2, -0.15) is 4.31 Å². The quantitative estimate of drug-likeness (QED) is 0.130. The standard InChI is InChI=1S/C44H48F3NO6S/c1-30-8-7-24-42(2)40(23-25-43(42,51)29-48(55(3,52)53)28-31-12-20-37(21-13-31)54-44(45,46)47)38-22-14-32(26-36(49)19-11-30)27-39(38)41(50)35-17-15-34(16-18-35)33-9-5-4-6-10-33/h4-6,8-10,12-18,20-22,27,36,40,49,51H,7,11,19,23-26,28-29H2,1-3H3. The molecule has 11 heteroatoms. The number of sulfonamides is 1. The fraction of sp³-hybridized carbons (Fsp3) is 0.386. The molecule has 4 aromatic rings. The molecule has 4 aromatic carbocycles. The van der Waals surface area contributed by atoms with Gasteiger partial charge in [0.25, 0.3) is 0 Å². The lowest BCUT2D eigenvalue weighted by molar-refractivity contribution is -0.274. The van der Waals surface area contributed by atoms with Crippen LogP contribution in [0.25, 0.3) is 11.1 Å². The number of ketones is 1. The fourth-order valence-corrected chi connectivity index (χ4v) is 9.21. The molecule has 1 fully saturated rings.